The van der Waals surface area contributed by atoms with Crippen LogP contribution in [-0.4, -0.2) is 56.0 Å². The molecule has 2 aromatic carbocycles. The Morgan fingerprint density at radius 2 is 1.68 bits per heavy atom. The first-order chi connectivity index (χ1) is 13.0. The lowest BCUT2D eigenvalue weighted by molar-refractivity contribution is 0.380. The minimum Gasteiger partial charge on any atom is -0.370 e. The zero-order chi connectivity index (χ0) is 19.2. The van der Waals surface area contributed by atoms with Gasteiger partial charge in [-0.3, -0.25) is 0 Å². The van der Waals surface area contributed by atoms with Gasteiger partial charge in [0.05, 0.1) is 6.54 Å². The molecule has 0 amide bonds. The zero-order valence-corrected chi connectivity index (χ0v) is 19.6. The van der Waals surface area contributed by atoms with Gasteiger partial charge >= 0.3 is 0 Å². The van der Waals surface area contributed by atoms with Crippen molar-refractivity contribution in [2.24, 2.45) is 10.7 Å². The Hall–Kier alpha value is -1.51. The molecule has 2 aromatic rings. The largest absolute Gasteiger partial charge is 0.370 e. The topological polar surface area (TPSA) is 48.1 Å². The van der Waals surface area contributed by atoms with Crippen LogP contribution in [-0.2, 0) is 13.1 Å². The average molecular weight is 514 g/mol. The predicted molar refractivity (Wildman–Crippen MR) is 130 cm³/mol. The number of nitrogens with zero attached hydrogens (tertiary/aromatic N) is 4. The Kier molecular flexibility index (Phi) is 8.85. The fourth-order valence-corrected chi connectivity index (χ4v) is 3.44. The van der Waals surface area contributed by atoms with Crippen molar-refractivity contribution < 1.29 is 0 Å². The van der Waals surface area contributed by atoms with Gasteiger partial charge in [-0.15, -0.1) is 24.0 Å². The number of hydrogen-bond acceptors (Lipinski definition) is 3. The Morgan fingerprint density at radius 3 is 2.32 bits per heavy atom. The van der Waals surface area contributed by atoms with Gasteiger partial charge in [-0.05, 0) is 49.5 Å². The summed E-state index contributed by atoms with van der Waals surface area (Å²) in [6.45, 7) is 5.15. The number of guanidine groups is 1. The summed E-state index contributed by atoms with van der Waals surface area (Å²) in [7, 11) is 4.15. The number of nitrogens with two attached hydrogens (primary N) is 1. The maximum atomic E-state index is 6.25. The monoisotopic (exact) mass is 513 g/mol. The second-order valence-electron chi connectivity index (χ2n) is 7.18. The third kappa shape index (κ3) is 6.53. The molecule has 0 radical (unpaired) electrons. The first-order valence-corrected chi connectivity index (χ1v) is 9.67. The van der Waals surface area contributed by atoms with Crippen molar-refractivity contribution in [3.63, 3.8) is 0 Å². The molecule has 0 spiro atoms. The minimum atomic E-state index is 0. The lowest BCUT2D eigenvalue weighted by Gasteiger charge is -2.36. The van der Waals surface area contributed by atoms with Crippen molar-refractivity contribution in [1.29, 1.82) is 0 Å². The second-order valence-corrected chi connectivity index (χ2v) is 7.62. The van der Waals surface area contributed by atoms with E-state index in [0.717, 1.165) is 37.7 Å². The number of benzene rings is 2. The highest BCUT2D eigenvalue weighted by Crippen LogP contribution is 2.19. The van der Waals surface area contributed by atoms with E-state index >= 15 is 0 Å². The summed E-state index contributed by atoms with van der Waals surface area (Å²) in [5.41, 5.74) is 9.94. The lowest BCUT2D eigenvalue weighted by Crippen LogP contribution is -2.51. The quantitative estimate of drug-likeness (QED) is 0.377. The van der Waals surface area contributed by atoms with Crippen molar-refractivity contribution in [3.8, 4) is 0 Å². The smallest absolute Gasteiger partial charge is 0.191 e. The highest BCUT2D eigenvalue weighted by molar-refractivity contribution is 14.0. The second kappa shape index (κ2) is 10.9. The highest BCUT2D eigenvalue weighted by atomic mass is 127. The maximum Gasteiger partial charge on any atom is 0.191 e. The molecular weight excluding hydrogens is 485 g/mol. The number of halogens is 2. The molecule has 0 aliphatic carbocycles. The van der Waals surface area contributed by atoms with Crippen LogP contribution in [0.4, 0.5) is 5.69 Å². The van der Waals surface area contributed by atoms with Crippen molar-refractivity contribution >= 4 is 47.2 Å². The van der Waals surface area contributed by atoms with E-state index in [0.29, 0.717) is 12.5 Å². The fourth-order valence-electron chi connectivity index (χ4n) is 3.31. The first kappa shape index (κ1) is 22.8. The summed E-state index contributed by atoms with van der Waals surface area (Å²) < 4.78 is 0. The fraction of sp³-hybridized carbons (Fsp3) is 0.381. The summed E-state index contributed by atoms with van der Waals surface area (Å²) in [4.78, 5) is 11.3. The molecule has 0 atom stereocenters. The van der Waals surface area contributed by atoms with Gasteiger partial charge in [0.2, 0.25) is 0 Å². The van der Waals surface area contributed by atoms with Gasteiger partial charge in [0.15, 0.2) is 5.96 Å². The Bertz CT molecular complexity index is 771. The van der Waals surface area contributed by atoms with E-state index in [4.69, 9.17) is 17.3 Å². The maximum absolute atomic E-state index is 6.25. The van der Waals surface area contributed by atoms with Gasteiger partial charge in [0, 0.05) is 43.4 Å². The van der Waals surface area contributed by atoms with E-state index in [9.17, 15) is 0 Å². The van der Waals surface area contributed by atoms with Crippen LogP contribution in [0, 0.1) is 0 Å². The lowest BCUT2D eigenvalue weighted by atomic mass is 10.1. The van der Waals surface area contributed by atoms with Crippen LogP contribution < -0.4 is 10.6 Å². The molecule has 1 aliphatic heterocycles. The molecule has 0 saturated carbocycles. The number of hydrogen-bond donors (Lipinski definition) is 1. The van der Waals surface area contributed by atoms with E-state index in [-0.39, 0.29) is 24.0 Å². The number of aliphatic imine (C=N–C) groups is 1. The van der Waals surface area contributed by atoms with Gasteiger partial charge in [-0.1, -0.05) is 35.9 Å². The normalized spacial score (nSPS) is 14.9. The Morgan fingerprint density at radius 1 is 1.04 bits per heavy atom. The summed E-state index contributed by atoms with van der Waals surface area (Å²) >= 11 is 5.97. The van der Waals surface area contributed by atoms with E-state index in [1.54, 1.807) is 0 Å². The molecule has 1 saturated heterocycles. The Balaban J connectivity index is 0.00000280. The zero-order valence-electron chi connectivity index (χ0n) is 16.5. The van der Waals surface area contributed by atoms with Gasteiger partial charge < -0.3 is 20.4 Å². The van der Waals surface area contributed by atoms with Crippen LogP contribution in [0.5, 0.6) is 0 Å². The van der Waals surface area contributed by atoms with Crippen molar-refractivity contribution in [2.45, 2.75) is 13.1 Å². The van der Waals surface area contributed by atoms with E-state index in [1.165, 1.54) is 16.8 Å². The summed E-state index contributed by atoms with van der Waals surface area (Å²) in [6.07, 6.45) is 0. The molecular formula is C21H29ClIN5. The summed E-state index contributed by atoms with van der Waals surface area (Å²) in [6, 6.07) is 16.5. The summed E-state index contributed by atoms with van der Waals surface area (Å²) in [5.74, 6) is 0.628. The van der Waals surface area contributed by atoms with Crippen LogP contribution in [0.25, 0.3) is 0 Å². The molecule has 7 heteroatoms. The molecule has 0 bridgehead atoms. The Labute approximate surface area is 190 Å². The molecule has 1 fully saturated rings. The molecule has 1 aliphatic rings. The third-order valence-corrected chi connectivity index (χ3v) is 4.96. The van der Waals surface area contributed by atoms with E-state index in [1.807, 2.05) is 12.1 Å². The molecule has 5 nitrogen and oxygen atoms in total. The third-order valence-electron chi connectivity index (χ3n) is 4.71. The predicted octanol–water partition coefficient (Wildman–Crippen LogP) is 3.66. The molecule has 0 aromatic heterocycles. The van der Waals surface area contributed by atoms with Gasteiger partial charge in [0.1, 0.15) is 0 Å². The molecule has 1 heterocycles. The number of anilines is 1. The van der Waals surface area contributed by atoms with Gasteiger partial charge in [-0.2, -0.15) is 0 Å². The van der Waals surface area contributed by atoms with Crippen LogP contribution >= 0.6 is 35.6 Å². The van der Waals surface area contributed by atoms with Crippen molar-refractivity contribution in [3.05, 3.63) is 64.7 Å². The number of rotatable bonds is 5. The average Bonchev–Trinajstić information content (AvgIpc) is 2.67. The standard InChI is InChI=1S/C21H28ClN5.HI/c1-25(2)16-18-5-3-4-17(14-18)15-24-21(23)27-12-10-26(11-13-27)20-8-6-19(22)7-9-20;/h3-9,14H,10-13,15-16H2,1-2H3,(H2,23,24);1H. The first-order valence-electron chi connectivity index (χ1n) is 9.29. The van der Waals surface area contributed by atoms with E-state index in [2.05, 4.69) is 70.2 Å². The van der Waals surface area contributed by atoms with Crippen molar-refractivity contribution in [1.82, 2.24) is 9.80 Å². The summed E-state index contributed by atoms with van der Waals surface area (Å²) in [5, 5.41) is 0.767. The minimum absolute atomic E-state index is 0. The molecule has 0 unspecified atom stereocenters. The number of piperazine rings is 1. The van der Waals surface area contributed by atoms with Crippen LogP contribution in [0.1, 0.15) is 11.1 Å². The van der Waals surface area contributed by atoms with Crippen molar-refractivity contribution in [2.75, 3.05) is 45.2 Å². The van der Waals surface area contributed by atoms with Gasteiger partial charge in [0.25, 0.3) is 0 Å². The van der Waals surface area contributed by atoms with Crippen LogP contribution in [0.15, 0.2) is 53.5 Å². The molecule has 28 heavy (non-hydrogen) atoms. The molecule has 2 N–H and O–H groups in total. The highest BCUT2D eigenvalue weighted by Gasteiger charge is 2.18. The molecule has 152 valence electrons. The van der Waals surface area contributed by atoms with Gasteiger partial charge in [-0.25, -0.2) is 4.99 Å². The SMILES string of the molecule is CN(C)Cc1cccc(CN=C(N)N2CCN(c3ccc(Cl)cc3)CC2)c1.I. The van der Waals surface area contributed by atoms with E-state index < -0.39 is 0 Å². The van der Waals surface area contributed by atoms with Crippen LogP contribution in [0.2, 0.25) is 5.02 Å². The molecule has 3 rings (SSSR count). The van der Waals surface area contributed by atoms with Crippen LogP contribution in [0.3, 0.4) is 0 Å².